The quantitative estimate of drug-likeness (QED) is 0.0269. The second-order valence-electron chi connectivity index (χ2n) is 34.1. The number of nitrogens with two attached hydrogens (primary N) is 1. The summed E-state index contributed by atoms with van der Waals surface area (Å²) < 4.78 is 101. The number of nitrogens with zero attached hydrogens (tertiary/aromatic N) is 8. The molecule has 10 N–H and O–H groups in total. The van der Waals surface area contributed by atoms with Gasteiger partial charge >= 0.3 is 24.1 Å². The van der Waals surface area contributed by atoms with Gasteiger partial charge in [0.05, 0.1) is 102 Å². The van der Waals surface area contributed by atoms with Gasteiger partial charge in [0, 0.05) is 70.0 Å². The Balaban J connectivity index is 0.000000136. The fourth-order valence-corrected chi connectivity index (χ4v) is 20.1. The number of sulfone groups is 3. The minimum absolute atomic E-state index is 0.00514. The van der Waals surface area contributed by atoms with Gasteiger partial charge in [-0.1, -0.05) is 177 Å². The number of carbonyl (C=O) groups is 4. The van der Waals surface area contributed by atoms with Gasteiger partial charge in [-0.05, 0) is 221 Å². The van der Waals surface area contributed by atoms with Crippen molar-refractivity contribution in [3.63, 3.8) is 0 Å². The van der Waals surface area contributed by atoms with Gasteiger partial charge in [0.1, 0.15) is 0 Å². The molecule has 133 heavy (non-hydrogen) atoms. The summed E-state index contributed by atoms with van der Waals surface area (Å²) in [5.41, 5.74) is 14.4. The van der Waals surface area contributed by atoms with Crippen LogP contribution in [0.15, 0.2) is 317 Å². The summed E-state index contributed by atoms with van der Waals surface area (Å²) in [6, 6.07) is 88.4. The second-order valence-corrected chi connectivity index (χ2v) is 41.7. The fraction of sp³-hybridized carbons (Fsp3) is 0.240. The van der Waals surface area contributed by atoms with E-state index in [2.05, 4.69) is 52.7 Å². The Kier molecular flexibility index (Phi) is 29.2. The maximum absolute atomic E-state index is 13.0. The summed E-state index contributed by atoms with van der Waals surface area (Å²) in [5.74, 6) is 2.66. The predicted octanol–water partition coefficient (Wildman–Crippen LogP) is 17.6. The number of aryl methyl sites for hydroxylation is 1. The molecule has 0 saturated heterocycles. The first kappa shape index (κ1) is 93.6. The van der Waals surface area contributed by atoms with Crippen molar-refractivity contribution in [3.05, 3.63) is 320 Å². The van der Waals surface area contributed by atoms with Crippen molar-refractivity contribution in [2.24, 2.45) is 22.9 Å². The van der Waals surface area contributed by atoms with E-state index >= 15 is 0 Å². The number of benzene rings is 10. The number of primary sulfonamides is 1. The number of hydrogen-bond acceptors (Lipinski definition) is 16. The van der Waals surface area contributed by atoms with E-state index in [0.29, 0.717) is 41.7 Å². The van der Waals surface area contributed by atoms with Crippen LogP contribution in [-0.4, -0.2) is 127 Å². The average molecular weight is 1870 g/mol. The Morgan fingerprint density at radius 3 is 1.05 bits per heavy atom. The molecule has 686 valence electrons. The number of rotatable bonds is 23. The summed E-state index contributed by atoms with van der Waals surface area (Å²) in [6.45, 7) is 2.78. The zero-order valence-electron chi connectivity index (χ0n) is 73.9. The van der Waals surface area contributed by atoms with Crippen LogP contribution in [0.1, 0.15) is 99.7 Å². The number of carbonyl (C=O) groups excluding carboxylic acids is 4. The van der Waals surface area contributed by atoms with Crippen molar-refractivity contribution in [2.45, 2.75) is 135 Å². The zero-order chi connectivity index (χ0) is 93.4. The van der Waals surface area contributed by atoms with Crippen LogP contribution >= 0.6 is 0 Å². The molecule has 4 heterocycles. The standard InChI is InChI=1S/C28H32N4O3S.C25H30N4O3S.C24H22N4O3S.C23H21N5O3S/c1-36(34,35)25-9-7-24(8-10-25)32-26(22-5-3-2-4-6-22)14-23(31-32)18-29-27(33)30-28-15-19-11-20(16-28)13-21(12-19)17-28;1-33(31,32)23-15-13-22(14-16-23)29-24(19-9-5-4-6-10-19)17-21(28-29)18-26-25(30)27-20-11-7-2-3-8-12-20;1-32(30,31)22-14-12-21(13-15-22)28-23(18-8-4-2-5-9-18)16-20(27-28)17-25-24(29)26-19-10-6-3-7-11-19;1-16-6-5-9-18(14-16)25-23(29)26-22-15-21(17-7-3-2-4-8-17)28(27-22)19-10-12-20(13-11-19)32(24,30)31/h2-10,14,19-21H,11-13,15-18H2,1H3,(H2,29,30,33);4-6,9-10,13-17,20H,2-3,7-8,11-12,18H2,1H3,(H2,26,27,30);2-16H,17H2,1H3,(H2,25,26,29);2-15H,1H3,(H2,24,30,31)(H2,25,26,27,29). The maximum Gasteiger partial charge on any atom is 0.324 e. The van der Waals surface area contributed by atoms with Crippen LogP contribution in [0.25, 0.3) is 67.8 Å². The van der Waals surface area contributed by atoms with Gasteiger partial charge in [-0.15, -0.1) is 5.10 Å². The lowest BCUT2D eigenvalue weighted by atomic mass is 9.53. The number of para-hydroxylation sites is 1. The van der Waals surface area contributed by atoms with Crippen LogP contribution in [0.3, 0.4) is 0 Å². The van der Waals surface area contributed by atoms with Gasteiger partial charge in [-0.3, -0.25) is 5.32 Å². The minimum atomic E-state index is -3.80. The Morgan fingerprint density at radius 1 is 0.353 bits per heavy atom. The van der Waals surface area contributed by atoms with Crippen LogP contribution in [-0.2, 0) is 59.2 Å². The molecule has 5 aliphatic carbocycles. The van der Waals surface area contributed by atoms with Crippen molar-refractivity contribution in [1.29, 1.82) is 0 Å². The molecule has 4 bridgehead atoms. The number of hydrogen-bond donors (Lipinski definition) is 9. The Labute approximate surface area is 774 Å². The third-order valence-electron chi connectivity index (χ3n) is 23.7. The van der Waals surface area contributed by atoms with E-state index in [0.717, 1.165) is 142 Å². The average Bonchev–Trinajstić information content (AvgIpc) is 1.61. The molecule has 5 saturated carbocycles. The number of amides is 8. The molecule has 5 fully saturated rings. The lowest BCUT2D eigenvalue weighted by molar-refractivity contribution is -0.0135. The van der Waals surface area contributed by atoms with E-state index in [1.54, 1.807) is 116 Å². The number of aromatic nitrogens is 8. The minimum Gasteiger partial charge on any atom is -0.335 e. The Bertz CT molecular complexity index is 6870. The van der Waals surface area contributed by atoms with E-state index in [4.69, 9.17) is 15.3 Å². The predicted molar refractivity (Wildman–Crippen MR) is 516 cm³/mol. The summed E-state index contributed by atoms with van der Waals surface area (Å²) in [5, 5.41) is 47.4. The molecule has 5 aliphatic rings. The highest BCUT2D eigenvalue weighted by molar-refractivity contribution is 7.91. The zero-order valence-corrected chi connectivity index (χ0v) is 77.2. The molecule has 0 unspecified atom stereocenters. The third-order valence-corrected chi connectivity index (χ3v) is 28.0. The summed E-state index contributed by atoms with van der Waals surface area (Å²) in [6.07, 6.45) is 17.8. The van der Waals surface area contributed by atoms with Crippen LogP contribution in [0.2, 0.25) is 0 Å². The van der Waals surface area contributed by atoms with E-state index < -0.39 is 45.6 Å². The largest absolute Gasteiger partial charge is 0.335 e. The summed E-state index contributed by atoms with van der Waals surface area (Å²) >= 11 is 0. The van der Waals surface area contributed by atoms with Gasteiger partial charge in [-0.2, -0.15) is 15.3 Å². The molecule has 8 amide bonds. The highest BCUT2D eigenvalue weighted by atomic mass is 32.2. The smallest absolute Gasteiger partial charge is 0.324 e. The number of urea groups is 4. The molecule has 0 radical (unpaired) electrons. The van der Waals surface area contributed by atoms with E-state index in [1.165, 1.54) is 63.0 Å². The van der Waals surface area contributed by atoms with Crippen molar-refractivity contribution >= 4 is 80.9 Å². The lowest BCUT2D eigenvalue weighted by Gasteiger charge is -2.56. The second kappa shape index (κ2) is 41.5. The van der Waals surface area contributed by atoms with Gasteiger partial charge in [-0.25, -0.2) is 76.7 Å². The van der Waals surface area contributed by atoms with E-state index in [1.807, 2.05) is 195 Å². The summed E-state index contributed by atoms with van der Waals surface area (Å²) in [4.78, 5) is 50.9. The molecule has 4 aromatic heterocycles. The van der Waals surface area contributed by atoms with Crippen LogP contribution < -0.4 is 47.7 Å². The van der Waals surface area contributed by atoms with E-state index in [-0.39, 0.29) is 55.8 Å². The van der Waals surface area contributed by atoms with E-state index in [9.17, 15) is 52.8 Å². The lowest BCUT2D eigenvalue weighted by Crippen LogP contribution is -2.61. The molecule has 0 spiro atoms. The first-order valence-electron chi connectivity index (χ1n) is 43.8. The highest BCUT2D eigenvalue weighted by Crippen LogP contribution is 2.56. The van der Waals surface area contributed by atoms with Crippen LogP contribution in [0, 0.1) is 24.7 Å². The van der Waals surface area contributed by atoms with Crippen molar-refractivity contribution in [1.82, 2.24) is 65.7 Å². The molecule has 10 aromatic carbocycles. The normalized spacial score (nSPS) is 16.3. The molecule has 33 heteroatoms. The number of sulfonamides is 1. The third kappa shape index (κ3) is 24.9. The summed E-state index contributed by atoms with van der Waals surface area (Å²) in [7, 11) is -13.6. The van der Waals surface area contributed by atoms with Crippen LogP contribution in [0.5, 0.6) is 0 Å². The monoisotopic (exact) mass is 1860 g/mol. The van der Waals surface area contributed by atoms with Crippen molar-refractivity contribution in [2.75, 3.05) is 34.7 Å². The van der Waals surface area contributed by atoms with Crippen molar-refractivity contribution in [3.8, 4) is 67.8 Å². The van der Waals surface area contributed by atoms with Crippen molar-refractivity contribution < 1.29 is 52.8 Å². The first-order valence-corrected chi connectivity index (χ1v) is 51.1. The fourth-order valence-electron chi connectivity index (χ4n) is 17.7. The molecular weight excluding hydrogens is 1760 g/mol. The molecule has 0 atom stereocenters. The number of nitrogens with one attached hydrogen (secondary N) is 8. The molecular formula is C100H105N17O12S4. The molecule has 14 aromatic rings. The topological polar surface area (TPSA) is 398 Å². The first-order chi connectivity index (χ1) is 63.8. The number of anilines is 3. The van der Waals surface area contributed by atoms with Gasteiger partial charge in [0.25, 0.3) is 0 Å². The van der Waals surface area contributed by atoms with Gasteiger partial charge < -0.3 is 37.2 Å². The maximum atomic E-state index is 13.0. The van der Waals surface area contributed by atoms with Gasteiger partial charge in [0.2, 0.25) is 10.0 Å². The Hall–Kier alpha value is -14.1. The van der Waals surface area contributed by atoms with Gasteiger partial charge in [0.15, 0.2) is 35.3 Å². The highest BCUT2D eigenvalue weighted by Gasteiger charge is 2.51. The SMILES string of the molecule is CS(=O)(=O)c1ccc(-n2nc(CNC(=O)NC34CC5CC(CC(C5)C3)C4)cc2-c2ccccc2)cc1.CS(=O)(=O)c1ccc(-n2nc(CNC(=O)NC3CCCCCC3)cc2-c2ccccc2)cc1.CS(=O)(=O)c1ccc(-n2nc(CNC(=O)Nc3ccccc3)cc2-c2ccccc2)cc1.Cc1cccc(NC(=O)Nc2cc(-c3ccccc3)n(-c3ccc(S(N)(=O)=O)cc3)n2)c1. The molecule has 19 rings (SSSR count). The van der Waals surface area contributed by atoms with Crippen LogP contribution in [0.4, 0.5) is 36.4 Å². The Morgan fingerprint density at radius 2 is 0.684 bits per heavy atom. The molecule has 29 nitrogen and oxygen atoms in total. The molecule has 0 aliphatic heterocycles.